The maximum Gasteiger partial charge on any atom is 0.150 e. The molecule has 0 N–H and O–H groups in total. The molecule has 0 aliphatic carbocycles. The van der Waals surface area contributed by atoms with Crippen molar-refractivity contribution in [3.05, 3.63) is 58.1 Å². The van der Waals surface area contributed by atoms with Gasteiger partial charge in [0.25, 0.3) is 0 Å². The van der Waals surface area contributed by atoms with Gasteiger partial charge in [0.05, 0.1) is 10.9 Å². The van der Waals surface area contributed by atoms with Crippen molar-refractivity contribution >= 4 is 34.8 Å². The van der Waals surface area contributed by atoms with Crippen LogP contribution in [0, 0.1) is 0 Å². The van der Waals surface area contributed by atoms with Crippen LogP contribution in [0.2, 0.25) is 10.0 Å². The summed E-state index contributed by atoms with van der Waals surface area (Å²) in [7, 11) is 0. The summed E-state index contributed by atoms with van der Waals surface area (Å²) in [6.07, 6.45) is 0. The Balaban J connectivity index is 2.35. The first kappa shape index (κ1) is 12.6. The second-order valence-corrected chi connectivity index (χ2v) is 4.53. The van der Waals surface area contributed by atoms with Crippen LogP contribution in [-0.4, -0.2) is 0 Å². The number of rotatable bonds is 3. The summed E-state index contributed by atoms with van der Waals surface area (Å²) in [4.78, 5) is 0. The predicted molar refractivity (Wildman–Crippen MR) is 72.5 cm³/mol. The zero-order valence-corrected chi connectivity index (χ0v) is 11.1. The van der Waals surface area contributed by atoms with E-state index in [2.05, 4.69) is 0 Å². The lowest BCUT2D eigenvalue weighted by Gasteiger charge is -2.11. The van der Waals surface area contributed by atoms with Gasteiger partial charge in [-0.1, -0.05) is 41.4 Å². The molecule has 0 aromatic heterocycles. The van der Waals surface area contributed by atoms with Crippen molar-refractivity contribution in [2.45, 2.75) is 5.88 Å². The summed E-state index contributed by atoms with van der Waals surface area (Å²) in [6, 6.07) is 12.6. The quantitative estimate of drug-likeness (QED) is 0.675. The Labute approximate surface area is 115 Å². The molecule has 0 saturated heterocycles. The molecule has 2 aromatic rings. The molecule has 0 bridgehead atoms. The molecule has 0 radical (unpaired) electrons. The Morgan fingerprint density at radius 3 is 2.47 bits per heavy atom. The van der Waals surface area contributed by atoms with E-state index in [1.807, 2.05) is 24.3 Å². The molecule has 88 valence electrons. The minimum atomic E-state index is 0.344. The summed E-state index contributed by atoms with van der Waals surface area (Å²) in [5.74, 6) is 1.56. The molecule has 0 amide bonds. The SMILES string of the molecule is ClCc1cccc(Cl)c1Oc1cccc(Cl)c1. The van der Waals surface area contributed by atoms with Crippen LogP contribution >= 0.6 is 34.8 Å². The van der Waals surface area contributed by atoms with E-state index in [0.29, 0.717) is 27.4 Å². The van der Waals surface area contributed by atoms with Gasteiger partial charge >= 0.3 is 0 Å². The lowest BCUT2D eigenvalue weighted by molar-refractivity contribution is 0.478. The molecule has 2 rings (SSSR count). The second-order valence-electron chi connectivity index (χ2n) is 3.42. The van der Waals surface area contributed by atoms with Crippen LogP contribution in [-0.2, 0) is 5.88 Å². The van der Waals surface area contributed by atoms with Crippen molar-refractivity contribution in [2.75, 3.05) is 0 Å². The van der Waals surface area contributed by atoms with E-state index >= 15 is 0 Å². The average molecular weight is 288 g/mol. The number of alkyl halides is 1. The van der Waals surface area contributed by atoms with E-state index in [1.165, 1.54) is 0 Å². The highest BCUT2D eigenvalue weighted by Gasteiger charge is 2.08. The zero-order valence-electron chi connectivity index (χ0n) is 8.79. The number of halogens is 3. The Kier molecular flexibility index (Phi) is 4.16. The monoisotopic (exact) mass is 286 g/mol. The Morgan fingerprint density at radius 2 is 1.76 bits per heavy atom. The van der Waals surface area contributed by atoms with Crippen molar-refractivity contribution in [2.24, 2.45) is 0 Å². The molecule has 0 aliphatic rings. The lowest BCUT2D eigenvalue weighted by Crippen LogP contribution is -1.90. The van der Waals surface area contributed by atoms with Gasteiger partial charge in [-0.15, -0.1) is 11.6 Å². The van der Waals surface area contributed by atoms with Gasteiger partial charge in [0.2, 0.25) is 0 Å². The van der Waals surface area contributed by atoms with Gasteiger partial charge in [-0.05, 0) is 24.3 Å². The molecule has 0 fully saturated rings. The number of hydrogen-bond donors (Lipinski definition) is 0. The van der Waals surface area contributed by atoms with Crippen molar-refractivity contribution in [3.63, 3.8) is 0 Å². The van der Waals surface area contributed by atoms with Crippen molar-refractivity contribution in [1.82, 2.24) is 0 Å². The van der Waals surface area contributed by atoms with Gasteiger partial charge in [0.15, 0.2) is 0 Å². The maximum absolute atomic E-state index is 6.08. The molecule has 0 atom stereocenters. The molecule has 1 nitrogen and oxygen atoms in total. The summed E-state index contributed by atoms with van der Waals surface area (Å²) < 4.78 is 5.71. The summed E-state index contributed by atoms with van der Waals surface area (Å²) in [5.41, 5.74) is 0.846. The fourth-order valence-electron chi connectivity index (χ4n) is 1.42. The molecule has 4 heteroatoms. The van der Waals surface area contributed by atoms with E-state index < -0.39 is 0 Å². The van der Waals surface area contributed by atoms with E-state index in [0.717, 1.165) is 5.56 Å². The normalized spacial score (nSPS) is 10.3. The van der Waals surface area contributed by atoms with Gasteiger partial charge in [0, 0.05) is 10.6 Å². The molecule has 17 heavy (non-hydrogen) atoms. The number of hydrogen-bond acceptors (Lipinski definition) is 1. The maximum atomic E-state index is 6.08. The minimum Gasteiger partial charge on any atom is -0.455 e. The standard InChI is InChI=1S/C13H9Cl3O/c14-8-9-3-1-6-12(16)13(9)17-11-5-2-4-10(15)7-11/h1-7H,8H2. The predicted octanol–water partition coefficient (Wildman–Crippen LogP) is 5.52. The van der Waals surface area contributed by atoms with Crippen LogP contribution in [0.4, 0.5) is 0 Å². The summed E-state index contributed by atoms with van der Waals surface area (Å²) in [6.45, 7) is 0. The third-order valence-corrected chi connectivity index (χ3v) is 3.03. The largest absolute Gasteiger partial charge is 0.455 e. The van der Waals surface area contributed by atoms with Crippen molar-refractivity contribution in [1.29, 1.82) is 0 Å². The minimum absolute atomic E-state index is 0.344. The molecule has 0 aliphatic heterocycles. The van der Waals surface area contributed by atoms with Gasteiger partial charge in [-0.25, -0.2) is 0 Å². The topological polar surface area (TPSA) is 9.23 Å². The van der Waals surface area contributed by atoms with Gasteiger partial charge < -0.3 is 4.74 Å². The van der Waals surface area contributed by atoms with Crippen LogP contribution in [0.5, 0.6) is 11.5 Å². The average Bonchev–Trinajstić information content (AvgIpc) is 2.32. The fraction of sp³-hybridized carbons (Fsp3) is 0.0769. The van der Waals surface area contributed by atoms with Crippen LogP contribution in [0.25, 0.3) is 0 Å². The highest BCUT2D eigenvalue weighted by molar-refractivity contribution is 6.32. The van der Waals surface area contributed by atoms with Crippen LogP contribution < -0.4 is 4.74 Å². The third kappa shape index (κ3) is 3.06. The Hall–Kier alpha value is -0.890. The Morgan fingerprint density at radius 1 is 1.00 bits per heavy atom. The van der Waals surface area contributed by atoms with Crippen LogP contribution in [0.3, 0.4) is 0 Å². The fourth-order valence-corrected chi connectivity index (χ4v) is 2.04. The number of ether oxygens (including phenoxy) is 1. The summed E-state index contributed by atoms with van der Waals surface area (Å²) in [5, 5.41) is 1.14. The second kappa shape index (κ2) is 5.63. The van der Waals surface area contributed by atoms with E-state index in [-0.39, 0.29) is 0 Å². The number of para-hydroxylation sites is 1. The van der Waals surface area contributed by atoms with Gasteiger partial charge in [-0.2, -0.15) is 0 Å². The first-order valence-electron chi connectivity index (χ1n) is 4.97. The smallest absolute Gasteiger partial charge is 0.150 e. The zero-order chi connectivity index (χ0) is 12.3. The molecule has 0 saturated carbocycles. The molecule has 0 heterocycles. The molecular weight excluding hydrogens is 279 g/mol. The van der Waals surface area contributed by atoms with Gasteiger partial charge in [0.1, 0.15) is 11.5 Å². The van der Waals surface area contributed by atoms with Gasteiger partial charge in [-0.3, -0.25) is 0 Å². The first-order valence-corrected chi connectivity index (χ1v) is 6.26. The van der Waals surface area contributed by atoms with Crippen LogP contribution in [0.15, 0.2) is 42.5 Å². The third-order valence-electron chi connectivity index (χ3n) is 2.21. The molecular formula is C13H9Cl3O. The van der Waals surface area contributed by atoms with Crippen molar-refractivity contribution < 1.29 is 4.74 Å². The number of benzene rings is 2. The molecule has 0 unspecified atom stereocenters. The Bertz CT molecular complexity index is 526. The van der Waals surface area contributed by atoms with Crippen molar-refractivity contribution in [3.8, 4) is 11.5 Å². The summed E-state index contributed by atoms with van der Waals surface area (Å²) >= 11 is 17.8. The van der Waals surface area contributed by atoms with E-state index in [1.54, 1.807) is 18.2 Å². The van der Waals surface area contributed by atoms with E-state index in [4.69, 9.17) is 39.5 Å². The van der Waals surface area contributed by atoms with Crippen LogP contribution in [0.1, 0.15) is 5.56 Å². The highest BCUT2D eigenvalue weighted by Crippen LogP contribution is 2.34. The lowest BCUT2D eigenvalue weighted by atomic mass is 10.2. The molecule has 2 aromatic carbocycles. The molecule has 0 spiro atoms. The first-order chi connectivity index (χ1) is 8.20. The highest BCUT2D eigenvalue weighted by atomic mass is 35.5. The van der Waals surface area contributed by atoms with E-state index in [9.17, 15) is 0 Å².